The van der Waals surface area contributed by atoms with Crippen molar-refractivity contribution < 1.29 is 0 Å². The summed E-state index contributed by atoms with van der Waals surface area (Å²) in [6, 6.07) is 49.2. The summed E-state index contributed by atoms with van der Waals surface area (Å²) < 4.78 is 0. The van der Waals surface area contributed by atoms with Gasteiger partial charge in [-0.1, -0.05) is 97.1 Å². The summed E-state index contributed by atoms with van der Waals surface area (Å²) in [7, 11) is 0. The molecule has 0 heteroatoms. The van der Waals surface area contributed by atoms with Crippen LogP contribution in [0.25, 0.3) is 226 Å². The molecule has 0 aromatic heterocycles. The van der Waals surface area contributed by atoms with E-state index in [0.717, 1.165) is 0 Å². The molecule has 22 aromatic carbocycles. The number of hydrogen-bond acceptors (Lipinski definition) is 0. The molecule has 0 unspecified atom stereocenters. The second-order valence-corrected chi connectivity index (χ2v) is 20.0. The summed E-state index contributed by atoms with van der Waals surface area (Å²) in [5.41, 5.74) is 0. The highest BCUT2D eigenvalue weighted by Gasteiger charge is 2.37. The van der Waals surface area contributed by atoms with Gasteiger partial charge in [0, 0.05) is 0 Å². The van der Waals surface area contributed by atoms with E-state index in [-0.39, 0.29) is 0 Å². The first kappa shape index (κ1) is 26.9. The molecule has 22 rings (SSSR count). The van der Waals surface area contributed by atoms with E-state index >= 15 is 0 Å². The minimum Gasteiger partial charge on any atom is -0.0537 e. The van der Waals surface area contributed by atoms with E-state index in [0.29, 0.717) is 0 Å². The molecule has 0 aliphatic rings. The third-order valence-electron chi connectivity index (χ3n) is 18.0. The van der Waals surface area contributed by atoms with Crippen molar-refractivity contribution in [3.63, 3.8) is 0 Å². The Morgan fingerprint density at radius 2 is 0.274 bits per heavy atom. The summed E-state index contributed by atoms with van der Waals surface area (Å²) >= 11 is 0. The Morgan fingerprint density at radius 3 is 0.532 bits per heavy atom. The molecule has 0 saturated carbocycles. The lowest BCUT2D eigenvalue weighted by Crippen LogP contribution is -2.04. The zero-order chi connectivity index (χ0) is 38.4. The van der Waals surface area contributed by atoms with Crippen LogP contribution >= 0.6 is 0 Å². The van der Waals surface area contributed by atoms with Gasteiger partial charge in [-0.15, -0.1) is 0 Å². The molecule has 0 radical (unpaired) electrons. The molecule has 0 fully saturated rings. The predicted octanol–water partition coefficient (Wildman–Crippen LogP) is 18.0. The SMILES string of the molecule is c1cc2cc3cc4ccc5ccc6c7ccc8ccc9cc%10cc%11ccc%12ccc%13c%14ccc1c1c2c2c3c3c4c5c6c4c5c7c8c9c6c%10c7c%11c%12c%13c8c(c%141)c2c(c34)c(c78)c65. The highest BCUT2D eigenvalue weighted by molar-refractivity contribution is 6.69. The topological polar surface area (TPSA) is 0 Å². The van der Waals surface area contributed by atoms with E-state index in [1.807, 2.05) is 0 Å². The maximum Gasteiger partial charge on any atom is -0.0000000293 e. The van der Waals surface area contributed by atoms with E-state index in [1.165, 1.54) is 226 Å². The van der Waals surface area contributed by atoms with Gasteiger partial charge in [-0.2, -0.15) is 0 Å². The Hall–Kier alpha value is -8.06. The second kappa shape index (κ2) is 7.51. The molecule has 0 aliphatic heterocycles. The molecule has 268 valence electrons. The van der Waals surface area contributed by atoms with Gasteiger partial charge < -0.3 is 0 Å². The summed E-state index contributed by atoms with van der Waals surface area (Å²) in [4.78, 5) is 0. The fourth-order valence-corrected chi connectivity index (χ4v) is 16.4. The lowest BCUT2D eigenvalue weighted by Gasteiger charge is -2.33. The number of benzene rings is 22. The molecule has 22 aromatic rings. The van der Waals surface area contributed by atoms with Crippen LogP contribution in [0, 0.1) is 0 Å². The summed E-state index contributed by atoms with van der Waals surface area (Å²) in [6.07, 6.45) is 0. The maximum atomic E-state index is 2.55. The molecule has 0 N–H and O–H groups in total. The summed E-state index contributed by atoms with van der Waals surface area (Å²) in [5, 5.41) is 60.8. The Morgan fingerprint density at radius 1 is 0.113 bits per heavy atom. The standard InChI is InChI=1S/C62H20/c1-5-25-17-29-18-26-6-2-23-11-15-33-34-16-12-24-4-8-28-20-30-19-27-7-3-22-10-14-32-31-13-9-21(1)35-39(25)49-43(29)50-40(26)37(23)47(33)55-56-48(34)38(24)42(28)52-44(30)51-41(27)36(22)46(32)54-53(45(31)35)57(49)61(59(50)55)62(58(51)54)60(52)56/h1-20H. The quantitative estimate of drug-likeness (QED) is 0.107. The van der Waals surface area contributed by atoms with Crippen LogP contribution in [0.5, 0.6) is 0 Å². The molecular weight excluding hydrogens is 745 g/mol. The van der Waals surface area contributed by atoms with Crippen molar-refractivity contribution in [2.24, 2.45) is 0 Å². The van der Waals surface area contributed by atoms with Crippen molar-refractivity contribution in [2.75, 3.05) is 0 Å². The van der Waals surface area contributed by atoms with Crippen molar-refractivity contribution in [3.05, 3.63) is 121 Å². The van der Waals surface area contributed by atoms with Crippen molar-refractivity contribution >= 4 is 226 Å². The van der Waals surface area contributed by atoms with Gasteiger partial charge >= 0.3 is 0 Å². The van der Waals surface area contributed by atoms with E-state index in [9.17, 15) is 0 Å². The van der Waals surface area contributed by atoms with Crippen molar-refractivity contribution in [1.82, 2.24) is 0 Å². The average Bonchev–Trinajstić information content (AvgIpc) is 3.31. The van der Waals surface area contributed by atoms with Crippen LogP contribution in [0.3, 0.4) is 0 Å². The average molecular weight is 765 g/mol. The van der Waals surface area contributed by atoms with Crippen LogP contribution in [0.15, 0.2) is 121 Å². The van der Waals surface area contributed by atoms with Gasteiger partial charge in [-0.25, -0.2) is 0 Å². The van der Waals surface area contributed by atoms with Crippen molar-refractivity contribution in [3.8, 4) is 0 Å². The minimum atomic E-state index is 1.35. The maximum absolute atomic E-state index is 2.55. The van der Waals surface area contributed by atoms with Crippen LogP contribution in [-0.4, -0.2) is 0 Å². The summed E-state index contributed by atoms with van der Waals surface area (Å²) in [5.74, 6) is 0. The van der Waals surface area contributed by atoms with Gasteiger partial charge in [0.1, 0.15) is 0 Å². The third-order valence-corrected chi connectivity index (χ3v) is 18.0. The minimum absolute atomic E-state index is 1.35. The lowest BCUT2D eigenvalue weighted by atomic mass is 9.68. The predicted molar refractivity (Wildman–Crippen MR) is 271 cm³/mol. The molecule has 62 heavy (non-hydrogen) atoms. The van der Waals surface area contributed by atoms with Gasteiger partial charge in [0.05, 0.1) is 0 Å². The molecule has 0 nitrogen and oxygen atoms in total. The summed E-state index contributed by atoms with van der Waals surface area (Å²) in [6.45, 7) is 0. The highest BCUT2D eigenvalue weighted by atomic mass is 14.4. The van der Waals surface area contributed by atoms with E-state index in [2.05, 4.69) is 121 Å². The third kappa shape index (κ3) is 2.12. The molecule has 0 bridgehead atoms. The number of fused-ring (bicyclic) bond motifs is 2. The fraction of sp³-hybridized carbons (Fsp3) is 0. The van der Waals surface area contributed by atoms with Crippen LogP contribution in [0.2, 0.25) is 0 Å². The zero-order valence-corrected chi connectivity index (χ0v) is 32.5. The van der Waals surface area contributed by atoms with Gasteiger partial charge in [-0.3, -0.25) is 0 Å². The molecule has 0 atom stereocenters. The largest absolute Gasteiger partial charge is 0.0537 e. The van der Waals surface area contributed by atoms with Gasteiger partial charge in [0.2, 0.25) is 0 Å². The molecule has 0 saturated heterocycles. The first-order valence-corrected chi connectivity index (χ1v) is 22.3. The van der Waals surface area contributed by atoms with E-state index < -0.39 is 0 Å². The van der Waals surface area contributed by atoms with E-state index in [4.69, 9.17) is 0 Å². The fourth-order valence-electron chi connectivity index (χ4n) is 16.4. The lowest BCUT2D eigenvalue weighted by molar-refractivity contribution is 1.83. The zero-order valence-electron chi connectivity index (χ0n) is 32.5. The first-order valence-electron chi connectivity index (χ1n) is 22.3. The number of hydrogen-bond donors (Lipinski definition) is 0. The molecule has 0 aliphatic carbocycles. The van der Waals surface area contributed by atoms with Crippen LogP contribution in [0.1, 0.15) is 0 Å². The van der Waals surface area contributed by atoms with Crippen molar-refractivity contribution in [2.45, 2.75) is 0 Å². The highest BCUT2D eigenvalue weighted by Crippen LogP contribution is 2.67. The monoisotopic (exact) mass is 764 g/mol. The Kier molecular flexibility index (Phi) is 3.26. The van der Waals surface area contributed by atoms with Crippen LogP contribution < -0.4 is 0 Å². The van der Waals surface area contributed by atoms with Gasteiger partial charge in [0.15, 0.2) is 0 Å². The smallest absolute Gasteiger partial charge is 0.0000000293 e. The van der Waals surface area contributed by atoms with Crippen LogP contribution in [-0.2, 0) is 0 Å². The Labute approximate surface area is 345 Å². The Bertz CT molecular complexity index is 5060. The molecular formula is C62H20. The van der Waals surface area contributed by atoms with Gasteiger partial charge in [-0.05, 0) is 250 Å². The molecule has 0 spiro atoms. The van der Waals surface area contributed by atoms with Crippen molar-refractivity contribution in [1.29, 1.82) is 0 Å². The van der Waals surface area contributed by atoms with Crippen LogP contribution in [0.4, 0.5) is 0 Å². The normalized spacial score (nSPS) is 14.8. The Balaban J connectivity index is 1.31. The number of rotatable bonds is 0. The van der Waals surface area contributed by atoms with E-state index in [1.54, 1.807) is 0 Å². The molecule has 0 amide bonds. The van der Waals surface area contributed by atoms with Gasteiger partial charge in [0.25, 0.3) is 0 Å². The molecule has 0 heterocycles. The second-order valence-electron chi connectivity index (χ2n) is 20.0. The first-order chi connectivity index (χ1) is 30.8.